The maximum Gasteiger partial charge on any atom is 0.225 e. The molecule has 0 bridgehead atoms. The molecule has 3 rings (SSSR count). The van der Waals surface area contributed by atoms with Gasteiger partial charge in [0.1, 0.15) is 0 Å². The third kappa shape index (κ3) is 3.24. The fourth-order valence-corrected chi connectivity index (χ4v) is 5.75. The Hall–Kier alpha value is -1.70. The molecule has 1 amide bonds. The molecule has 0 saturated carbocycles. The van der Waals surface area contributed by atoms with Crippen LogP contribution in [0.1, 0.15) is 25.8 Å². The van der Waals surface area contributed by atoms with E-state index in [-0.39, 0.29) is 29.5 Å². The SMILES string of the molecule is Cc1cnc(N2C[C@@H]3[C@@H](C(=O)NC(C)C)CCS(=O)(=O)[C@@H]3C2)nc1. The number of fused-ring (bicyclic) bond motifs is 1. The quantitative estimate of drug-likeness (QED) is 0.854. The first-order valence-electron chi connectivity index (χ1n) is 8.33. The molecule has 7 nitrogen and oxygen atoms in total. The average molecular weight is 352 g/mol. The smallest absolute Gasteiger partial charge is 0.225 e. The van der Waals surface area contributed by atoms with Gasteiger partial charge in [-0.15, -0.1) is 0 Å². The van der Waals surface area contributed by atoms with Crippen LogP contribution in [-0.2, 0) is 14.6 Å². The van der Waals surface area contributed by atoms with Gasteiger partial charge in [-0.25, -0.2) is 18.4 Å². The zero-order valence-corrected chi connectivity index (χ0v) is 15.1. The lowest BCUT2D eigenvalue weighted by atomic mass is 9.87. The van der Waals surface area contributed by atoms with Gasteiger partial charge in [0.05, 0.1) is 11.0 Å². The summed E-state index contributed by atoms with van der Waals surface area (Å²) in [5.74, 6) is 0.103. The molecule has 0 aromatic carbocycles. The lowest BCUT2D eigenvalue weighted by molar-refractivity contribution is -0.127. The third-order valence-electron chi connectivity index (χ3n) is 4.82. The average Bonchev–Trinajstić information content (AvgIpc) is 2.93. The van der Waals surface area contributed by atoms with Crippen molar-refractivity contribution < 1.29 is 13.2 Å². The monoisotopic (exact) mass is 352 g/mol. The standard InChI is InChI=1S/C16H24N4O3S/c1-10(2)19-15(21)12-4-5-24(22,23)14-9-20(8-13(12)14)16-17-6-11(3)7-18-16/h6-7,10,12-14H,4-5,8-9H2,1-3H3,(H,19,21)/t12-,13+,14+/m0/s1. The van der Waals surface area contributed by atoms with E-state index in [0.717, 1.165) is 5.56 Å². The topological polar surface area (TPSA) is 92.3 Å². The summed E-state index contributed by atoms with van der Waals surface area (Å²) in [6, 6.07) is 0.0485. The number of nitrogens with one attached hydrogen (secondary N) is 1. The highest BCUT2D eigenvalue weighted by atomic mass is 32.2. The Morgan fingerprint density at radius 1 is 1.29 bits per heavy atom. The van der Waals surface area contributed by atoms with E-state index in [9.17, 15) is 13.2 Å². The number of nitrogens with zero attached hydrogens (tertiary/aromatic N) is 3. The zero-order chi connectivity index (χ0) is 17.5. The minimum Gasteiger partial charge on any atom is -0.354 e. The van der Waals surface area contributed by atoms with Crippen LogP contribution in [0, 0.1) is 18.8 Å². The summed E-state index contributed by atoms with van der Waals surface area (Å²) in [5.41, 5.74) is 0.956. The normalized spacial score (nSPS) is 28.7. The molecule has 1 N–H and O–H groups in total. The van der Waals surface area contributed by atoms with Crippen LogP contribution >= 0.6 is 0 Å². The summed E-state index contributed by atoms with van der Waals surface area (Å²) in [5, 5.41) is 2.42. The second kappa shape index (κ2) is 6.31. The van der Waals surface area contributed by atoms with Crippen molar-refractivity contribution >= 4 is 21.7 Å². The van der Waals surface area contributed by atoms with E-state index >= 15 is 0 Å². The highest BCUT2D eigenvalue weighted by molar-refractivity contribution is 7.92. The predicted molar refractivity (Wildman–Crippen MR) is 91.4 cm³/mol. The highest BCUT2D eigenvalue weighted by Crippen LogP contribution is 2.38. The van der Waals surface area contributed by atoms with Crippen LogP contribution in [0.2, 0.25) is 0 Å². The number of sulfone groups is 1. The Kier molecular flexibility index (Phi) is 4.50. The van der Waals surface area contributed by atoms with Gasteiger partial charge >= 0.3 is 0 Å². The van der Waals surface area contributed by atoms with Crippen molar-refractivity contribution in [3.05, 3.63) is 18.0 Å². The first kappa shape index (κ1) is 17.1. The molecular weight excluding hydrogens is 328 g/mol. The number of anilines is 1. The second-order valence-corrected chi connectivity index (χ2v) is 9.43. The minimum absolute atomic E-state index is 0.0402. The third-order valence-corrected chi connectivity index (χ3v) is 7.04. The Bertz CT molecular complexity index is 717. The van der Waals surface area contributed by atoms with Gasteiger partial charge in [0, 0.05) is 43.4 Å². The molecule has 3 heterocycles. The fraction of sp³-hybridized carbons (Fsp3) is 0.688. The van der Waals surface area contributed by atoms with E-state index in [4.69, 9.17) is 0 Å². The number of hydrogen-bond acceptors (Lipinski definition) is 6. The Morgan fingerprint density at radius 3 is 2.58 bits per heavy atom. The minimum atomic E-state index is -3.18. The molecule has 2 saturated heterocycles. The number of amides is 1. The van der Waals surface area contributed by atoms with Crippen molar-refractivity contribution in [2.24, 2.45) is 11.8 Å². The summed E-state index contributed by atoms with van der Waals surface area (Å²) < 4.78 is 25.0. The number of aromatic nitrogens is 2. The first-order valence-corrected chi connectivity index (χ1v) is 10.0. The van der Waals surface area contributed by atoms with Crippen molar-refractivity contribution in [3.8, 4) is 0 Å². The summed E-state index contributed by atoms with van der Waals surface area (Å²) in [7, 11) is -3.18. The Labute approximate surface area is 142 Å². The highest BCUT2D eigenvalue weighted by Gasteiger charge is 2.50. The van der Waals surface area contributed by atoms with Gasteiger partial charge < -0.3 is 10.2 Å². The van der Waals surface area contributed by atoms with Crippen LogP contribution in [0.4, 0.5) is 5.95 Å². The van der Waals surface area contributed by atoms with E-state index in [0.29, 0.717) is 25.5 Å². The van der Waals surface area contributed by atoms with E-state index < -0.39 is 15.1 Å². The molecule has 0 radical (unpaired) electrons. The Balaban J connectivity index is 1.84. The fourth-order valence-electron chi connectivity index (χ4n) is 3.65. The molecule has 0 spiro atoms. The van der Waals surface area contributed by atoms with Gasteiger partial charge in [0.25, 0.3) is 0 Å². The van der Waals surface area contributed by atoms with Crippen LogP contribution < -0.4 is 10.2 Å². The maximum atomic E-state index is 12.5. The summed E-state index contributed by atoms with van der Waals surface area (Å²) in [4.78, 5) is 23.0. The molecule has 1 aromatic rings. The van der Waals surface area contributed by atoms with Crippen molar-refractivity contribution in [2.75, 3.05) is 23.7 Å². The largest absolute Gasteiger partial charge is 0.354 e. The van der Waals surface area contributed by atoms with E-state index in [1.807, 2.05) is 25.7 Å². The molecule has 1 aromatic heterocycles. The van der Waals surface area contributed by atoms with Gasteiger partial charge in [0.15, 0.2) is 9.84 Å². The molecule has 2 aliphatic heterocycles. The van der Waals surface area contributed by atoms with Crippen molar-refractivity contribution in [3.63, 3.8) is 0 Å². The van der Waals surface area contributed by atoms with Crippen molar-refractivity contribution in [2.45, 2.75) is 38.5 Å². The number of rotatable bonds is 3. The van der Waals surface area contributed by atoms with Crippen LogP contribution in [0.25, 0.3) is 0 Å². The van der Waals surface area contributed by atoms with E-state index in [1.165, 1.54) is 0 Å². The van der Waals surface area contributed by atoms with Crippen LogP contribution in [-0.4, -0.2) is 54.4 Å². The van der Waals surface area contributed by atoms with Gasteiger partial charge in [-0.2, -0.15) is 0 Å². The molecule has 0 aliphatic carbocycles. The van der Waals surface area contributed by atoms with Gasteiger partial charge in [-0.3, -0.25) is 4.79 Å². The first-order chi connectivity index (χ1) is 11.3. The molecule has 3 atom stereocenters. The number of carbonyl (C=O) groups is 1. The van der Waals surface area contributed by atoms with Crippen LogP contribution in [0.3, 0.4) is 0 Å². The maximum absolute atomic E-state index is 12.5. The molecule has 2 fully saturated rings. The van der Waals surface area contributed by atoms with Gasteiger partial charge in [-0.05, 0) is 32.8 Å². The van der Waals surface area contributed by atoms with Crippen LogP contribution in [0.5, 0.6) is 0 Å². The zero-order valence-electron chi connectivity index (χ0n) is 14.3. The second-order valence-electron chi connectivity index (χ2n) is 7.09. The molecule has 8 heteroatoms. The summed E-state index contributed by atoms with van der Waals surface area (Å²) in [6.07, 6.45) is 3.84. The lowest BCUT2D eigenvalue weighted by Gasteiger charge is -2.32. The number of aryl methyl sites for hydroxylation is 1. The van der Waals surface area contributed by atoms with E-state index in [1.54, 1.807) is 12.4 Å². The molecule has 2 aliphatic rings. The van der Waals surface area contributed by atoms with Gasteiger partial charge in [0.2, 0.25) is 11.9 Å². The number of hydrogen-bond donors (Lipinski definition) is 1. The lowest BCUT2D eigenvalue weighted by Crippen LogP contribution is -2.48. The van der Waals surface area contributed by atoms with Crippen molar-refractivity contribution in [1.29, 1.82) is 0 Å². The van der Waals surface area contributed by atoms with Crippen molar-refractivity contribution in [1.82, 2.24) is 15.3 Å². The van der Waals surface area contributed by atoms with Gasteiger partial charge in [-0.1, -0.05) is 0 Å². The molecule has 132 valence electrons. The molecular formula is C16H24N4O3S. The molecule has 0 unspecified atom stereocenters. The summed E-state index contributed by atoms with van der Waals surface area (Å²) in [6.45, 7) is 6.60. The van der Waals surface area contributed by atoms with Crippen LogP contribution in [0.15, 0.2) is 12.4 Å². The van der Waals surface area contributed by atoms with E-state index in [2.05, 4.69) is 15.3 Å². The number of carbonyl (C=O) groups excluding carboxylic acids is 1. The Morgan fingerprint density at radius 2 is 1.96 bits per heavy atom. The summed E-state index contributed by atoms with van der Waals surface area (Å²) >= 11 is 0. The molecule has 24 heavy (non-hydrogen) atoms. The predicted octanol–water partition coefficient (Wildman–Crippen LogP) is 0.549.